The second-order valence-corrected chi connectivity index (χ2v) is 7.25. The van der Waals surface area contributed by atoms with E-state index < -0.39 is 11.9 Å². The van der Waals surface area contributed by atoms with Crippen molar-refractivity contribution >= 4 is 11.9 Å². The van der Waals surface area contributed by atoms with E-state index in [1.165, 1.54) is 12.7 Å². The summed E-state index contributed by atoms with van der Waals surface area (Å²) in [6, 6.07) is 0.0506. The zero-order valence-corrected chi connectivity index (χ0v) is 12.6. The number of aromatic nitrogens is 2. The van der Waals surface area contributed by atoms with Crippen molar-refractivity contribution in [1.82, 2.24) is 15.3 Å². The number of rotatable bonds is 3. The van der Waals surface area contributed by atoms with Crippen LogP contribution >= 0.6 is 0 Å². The molecule has 2 fully saturated rings. The monoisotopic (exact) mass is 291 g/mol. The number of hydrogen-bond acceptors (Lipinski definition) is 3. The van der Waals surface area contributed by atoms with Gasteiger partial charge in [0.05, 0.1) is 6.33 Å². The minimum absolute atomic E-state index is 0.0301. The van der Waals surface area contributed by atoms with Crippen LogP contribution in [0.25, 0.3) is 0 Å². The predicted molar refractivity (Wildman–Crippen MR) is 76.0 cm³/mol. The minimum Gasteiger partial charge on any atom is -0.477 e. The normalized spacial score (nSPS) is 33.1. The van der Waals surface area contributed by atoms with Gasteiger partial charge in [0.2, 0.25) is 0 Å². The predicted octanol–water partition coefficient (Wildman–Crippen LogP) is 2.05. The highest BCUT2D eigenvalue weighted by Crippen LogP contribution is 2.62. The molecule has 2 saturated carbocycles. The fraction of sp³-hybridized carbons (Fsp3) is 0.667. The Morgan fingerprint density at radius 3 is 2.71 bits per heavy atom. The molecular weight excluding hydrogens is 270 g/mol. The number of carbonyl (C=O) groups is 2. The Morgan fingerprint density at radius 1 is 1.43 bits per heavy atom. The SMILES string of the molecule is CC12CCC(C1)C(C)(C)C2NC(=O)c1nc[nH]c1C(=O)O. The van der Waals surface area contributed by atoms with E-state index in [0.29, 0.717) is 5.92 Å². The number of fused-ring (bicyclic) bond motifs is 2. The van der Waals surface area contributed by atoms with E-state index in [0.717, 1.165) is 12.8 Å². The van der Waals surface area contributed by atoms with Crippen LogP contribution in [0.15, 0.2) is 6.33 Å². The number of imidazole rings is 1. The number of carbonyl (C=O) groups excluding carboxylic acids is 1. The van der Waals surface area contributed by atoms with Gasteiger partial charge in [0.1, 0.15) is 0 Å². The molecule has 0 aliphatic heterocycles. The molecular formula is C15H21N3O3. The third kappa shape index (κ3) is 1.96. The summed E-state index contributed by atoms with van der Waals surface area (Å²) in [5, 5.41) is 12.1. The number of amides is 1. The number of H-pyrrole nitrogens is 1. The lowest BCUT2D eigenvalue weighted by Gasteiger charge is -2.43. The van der Waals surface area contributed by atoms with Gasteiger partial charge in [0.15, 0.2) is 11.4 Å². The van der Waals surface area contributed by atoms with Gasteiger partial charge in [-0.25, -0.2) is 9.78 Å². The Labute approximate surface area is 123 Å². The second kappa shape index (κ2) is 4.32. The fourth-order valence-electron chi connectivity index (χ4n) is 4.49. The van der Waals surface area contributed by atoms with Crippen molar-refractivity contribution in [3.63, 3.8) is 0 Å². The first-order valence-electron chi connectivity index (χ1n) is 7.33. The van der Waals surface area contributed by atoms with Crippen molar-refractivity contribution in [3.8, 4) is 0 Å². The number of carboxylic acid groups (broad SMARTS) is 1. The first-order chi connectivity index (χ1) is 9.75. The summed E-state index contributed by atoms with van der Waals surface area (Å²) in [4.78, 5) is 29.9. The average molecular weight is 291 g/mol. The van der Waals surface area contributed by atoms with E-state index in [1.54, 1.807) is 0 Å². The Hall–Kier alpha value is -1.85. The molecule has 21 heavy (non-hydrogen) atoms. The Balaban J connectivity index is 1.85. The van der Waals surface area contributed by atoms with Crippen LogP contribution < -0.4 is 5.32 Å². The van der Waals surface area contributed by atoms with Crippen molar-refractivity contribution in [2.24, 2.45) is 16.7 Å². The zero-order chi connectivity index (χ0) is 15.4. The van der Waals surface area contributed by atoms with Crippen LogP contribution in [0.2, 0.25) is 0 Å². The van der Waals surface area contributed by atoms with Crippen LogP contribution in [0.5, 0.6) is 0 Å². The van der Waals surface area contributed by atoms with Crippen molar-refractivity contribution in [2.45, 2.75) is 46.1 Å². The molecule has 0 spiro atoms. The largest absolute Gasteiger partial charge is 0.477 e. The number of carboxylic acids is 1. The van der Waals surface area contributed by atoms with Crippen LogP contribution in [0.1, 0.15) is 61.0 Å². The second-order valence-electron chi connectivity index (χ2n) is 7.25. The molecule has 6 nitrogen and oxygen atoms in total. The van der Waals surface area contributed by atoms with E-state index in [2.05, 4.69) is 36.1 Å². The van der Waals surface area contributed by atoms with Crippen molar-refractivity contribution < 1.29 is 14.7 Å². The molecule has 0 saturated heterocycles. The molecule has 0 radical (unpaired) electrons. The van der Waals surface area contributed by atoms with Crippen molar-refractivity contribution in [1.29, 1.82) is 0 Å². The van der Waals surface area contributed by atoms with E-state index in [-0.39, 0.29) is 28.3 Å². The highest BCUT2D eigenvalue weighted by Gasteiger charge is 2.59. The van der Waals surface area contributed by atoms with Gasteiger partial charge in [-0.05, 0) is 36.0 Å². The summed E-state index contributed by atoms with van der Waals surface area (Å²) in [6.45, 7) is 6.60. The summed E-state index contributed by atoms with van der Waals surface area (Å²) in [7, 11) is 0. The number of hydrogen-bond donors (Lipinski definition) is 3. The van der Waals surface area contributed by atoms with Gasteiger partial charge in [0, 0.05) is 6.04 Å². The smallest absolute Gasteiger partial charge is 0.354 e. The maximum absolute atomic E-state index is 12.4. The van der Waals surface area contributed by atoms with E-state index in [9.17, 15) is 9.59 Å². The summed E-state index contributed by atoms with van der Waals surface area (Å²) in [5.41, 5.74) is -0.0606. The molecule has 3 atom stereocenters. The molecule has 1 heterocycles. The van der Waals surface area contributed by atoms with Crippen LogP contribution in [-0.4, -0.2) is 33.0 Å². The zero-order valence-electron chi connectivity index (χ0n) is 12.6. The quantitative estimate of drug-likeness (QED) is 0.794. The molecule has 3 unspecified atom stereocenters. The Bertz CT molecular complexity index is 602. The summed E-state index contributed by atoms with van der Waals surface area (Å²) >= 11 is 0. The van der Waals surface area contributed by atoms with Crippen molar-refractivity contribution in [3.05, 3.63) is 17.7 Å². The highest BCUT2D eigenvalue weighted by atomic mass is 16.4. The van der Waals surface area contributed by atoms with Gasteiger partial charge in [0.25, 0.3) is 5.91 Å². The van der Waals surface area contributed by atoms with Crippen molar-refractivity contribution in [2.75, 3.05) is 0 Å². The van der Waals surface area contributed by atoms with Crippen LogP contribution in [0.3, 0.4) is 0 Å². The fourth-order valence-corrected chi connectivity index (χ4v) is 4.49. The molecule has 1 aromatic heterocycles. The molecule has 1 amide bonds. The summed E-state index contributed by atoms with van der Waals surface area (Å²) < 4.78 is 0. The molecule has 2 bridgehead atoms. The van der Waals surface area contributed by atoms with Gasteiger partial charge in [-0.1, -0.05) is 20.8 Å². The topological polar surface area (TPSA) is 95.1 Å². The Morgan fingerprint density at radius 2 is 2.14 bits per heavy atom. The maximum atomic E-state index is 12.4. The maximum Gasteiger partial charge on any atom is 0.354 e. The molecule has 3 N–H and O–H groups in total. The van der Waals surface area contributed by atoms with E-state index >= 15 is 0 Å². The number of aromatic carboxylic acids is 1. The third-order valence-electron chi connectivity index (χ3n) is 5.61. The van der Waals surface area contributed by atoms with Crippen LogP contribution in [0, 0.1) is 16.7 Å². The third-order valence-corrected chi connectivity index (χ3v) is 5.61. The number of aromatic amines is 1. The molecule has 1 aromatic rings. The molecule has 2 aliphatic carbocycles. The lowest BCUT2D eigenvalue weighted by molar-refractivity contribution is 0.0670. The number of nitrogens with one attached hydrogen (secondary N) is 2. The van der Waals surface area contributed by atoms with Gasteiger partial charge in [-0.2, -0.15) is 0 Å². The first-order valence-corrected chi connectivity index (χ1v) is 7.33. The molecule has 2 aliphatic rings. The van der Waals surface area contributed by atoms with E-state index in [1.807, 2.05) is 0 Å². The molecule has 6 heteroatoms. The highest BCUT2D eigenvalue weighted by molar-refractivity contribution is 6.02. The standard InChI is InChI=1S/C15H21N3O3/c1-14(2)8-4-5-15(3,6-8)13(14)18-11(19)9-10(12(20)21)17-7-16-9/h7-8,13H,4-6H2,1-3H3,(H,16,17)(H,18,19)(H,20,21). The lowest BCUT2D eigenvalue weighted by Crippen LogP contribution is -2.52. The lowest BCUT2D eigenvalue weighted by atomic mass is 9.68. The average Bonchev–Trinajstić information content (AvgIpc) is 3.04. The molecule has 0 aromatic carbocycles. The minimum atomic E-state index is -1.17. The Kier molecular flexibility index (Phi) is 2.90. The van der Waals surface area contributed by atoms with Gasteiger partial charge >= 0.3 is 5.97 Å². The first kappa shape index (κ1) is 14.1. The molecule has 114 valence electrons. The summed E-state index contributed by atoms with van der Waals surface area (Å²) in [5.74, 6) is -0.956. The van der Waals surface area contributed by atoms with Gasteiger partial charge in [-0.15, -0.1) is 0 Å². The summed E-state index contributed by atoms with van der Waals surface area (Å²) in [6.07, 6.45) is 4.68. The van der Waals surface area contributed by atoms with Crippen LogP contribution in [0.4, 0.5) is 0 Å². The van der Waals surface area contributed by atoms with E-state index in [4.69, 9.17) is 5.11 Å². The van der Waals surface area contributed by atoms with Gasteiger partial charge < -0.3 is 15.4 Å². The van der Waals surface area contributed by atoms with Gasteiger partial charge in [-0.3, -0.25) is 4.79 Å². The van der Waals surface area contributed by atoms with Crippen LogP contribution in [-0.2, 0) is 0 Å². The molecule has 3 rings (SSSR count). The number of nitrogens with zero attached hydrogens (tertiary/aromatic N) is 1.